The van der Waals surface area contributed by atoms with Gasteiger partial charge in [-0.05, 0) is 98.3 Å². The molecule has 0 aliphatic carbocycles. The van der Waals surface area contributed by atoms with Crippen LogP contribution in [0.4, 0.5) is 34.1 Å². The molecule has 248 valence electrons. The van der Waals surface area contributed by atoms with Gasteiger partial charge in [0.2, 0.25) is 0 Å². The normalized spacial score (nSPS) is 16.8. The molecule has 6 aromatic rings. The van der Waals surface area contributed by atoms with Gasteiger partial charge in [0.25, 0.3) is 0 Å². The summed E-state index contributed by atoms with van der Waals surface area (Å²) in [6.07, 6.45) is 1.20. The Balaban J connectivity index is 1.27. The molecule has 3 heteroatoms. The van der Waals surface area contributed by atoms with Gasteiger partial charge < -0.3 is 9.80 Å². The minimum absolute atomic E-state index is 0.0804. The molecule has 0 saturated heterocycles. The van der Waals surface area contributed by atoms with Gasteiger partial charge in [0.1, 0.15) is 8.07 Å². The van der Waals surface area contributed by atoms with Gasteiger partial charge in [0.15, 0.2) is 0 Å². The Bertz CT molecular complexity index is 2060. The lowest BCUT2D eigenvalue weighted by Crippen LogP contribution is -2.54. The summed E-state index contributed by atoms with van der Waals surface area (Å²) in [4.78, 5) is 5.04. The van der Waals surface area contributed by atoms with Gasteiger partial charge in [-0.3, -0.25) is 0 Å². The van der Waals surface area contributed by atoms with E-state index < -0.39 is 8.07 Å². The zero-order valence-electron chi connectivity index (χ0n) is 30.2. The summed E-state index contributed by atoms with van der Waals surface area (Å²) in [7, 11) is -1.96. The van der Waals surface area contributed by atoms with Crippen LogP contribution in [-0.4, -0.2) is 8.07 Å². The van der Waals surface area contributed by atoms with Crippen molar-refractivity contribution in [2.24, 2.45) is 0 Å². The molecule has 0 atom stereocenters. The second kappa shape index (κ2) is 11.1. The summed E-state index contributed by atoms with van der Waals surface area (Å²) in [5.74, 6) is 0. The highest BCUT2D eigenvalue weighted by molar-refractivity contribution is 7.05. The van der Waals surface area contributed by atoms with Gasteiger partial charge in [0, 0.05) is 22.2 Å². The first-order valence-electron chi connectivity index (χ1n) is 18.5. The third-order valence-electron chi connectivity index (χ3n) is 12.4. The van der Waals surface area contributed by atoms with Crippen molar-refractivity contribution in [3.05, 3.63) is 156 Å². The number of para-hydroxylation sites is 4. The van der Waals surface area contributed by atoms with E-state index >= 15 is 0 Å². The number of anilines is 6. The van der Waals surface area contributed by atoms with Crippen LogP contribution in [0.3, 0.4) is 0 Å². The lowest BCUT2D eigenvalue weighted by atomic mass is 9.73. The highest BCUT2D eigenvalue weighted by Crippen LogP contribution is 2.54. The topological polar surface area (TPSA) is 6.48 Å². The third-order valence-corrected chi connectivity index (χ3v) is 17.9. The Labute approximate surface area is 299 Å². The molecule has 0 radical (unpaired) electrons. The molecule has 0 aromatic heterocycles. The van der Waals surface area contributed by atoms with Crippen molar-refractivity contribution in [2.45, 2.75) is 70.9 Å². The largest absolute Gasteiger partial charge is 0.310 e. The number of benzene rings is 6. The molecule has 0 bridgehead atoms. The molecule has 0 N–H and O–H groups in total. The van der Waals surface area contributed by atoms with Crippen LogP contribution >= 0.6 is 0 Å². The van der Waals surface area contributed by atoms with Crippen molar-refractivity contribution in [3.63, 3.8) is 0 Å². The van der Waals surface area contributed by atoms with E-state index in [-0.39, 0.29) is 10.8 Å². The Kier molecular flexibility index (Phi) is 6.89. The van der Waals surface area contributed by atoms with E-state index in [1.54, 1.807) is 10.4 Å². The zero-order valence-corrected chi connectivity index (χ0v) is 31.2. The van der Waals surface area contributed by atoms with Crippen LogP contribution in [0.2, 0.25) is 12.1 Å². The molecule has 2 nitrogen and oxygen atoms in total. The monoisotopic (exact) mass is 666 g/mol. The maximum Gasteiger partial charge on any atom is 0.119 e. The van der Waals surface area contributed by atoms with Gasteiger partial charge in [-0.15, -0.1) is 0 Å². The fourth-order valence-corrected chi connectivity index (χ4v) is 15.0. The zero-order chi connectivity index (χ0) is 34.4. The van der Waals surface area contributed by atoms with Crippen molar-refractivity contribution in [3.8, 4) is 11.1 Å². The average Bonchev–Trinajstić information content (AvgIpc) is 3.41. The molecule has 6 aromatic carbocycles. The summed E-state index contributed by atoms with van der Waals surface area (Å²) in [5, 5.41) is 3.22. The number of hydrogen-bond donors (Lipinski definition) is 0. The summed E-state index contributed by atoms with van der Waals surface area (Å²) in [6.45, 7) is 14.3. The van der Waals surface area contributed by atoms with Crippen LogP contribution in [0.1, 0.15) is 70.2 Å². The summed E-state index contributed by atoms with van der Waals surface area (Å²) >= 11 is 0. The number of hydrogen-bond acceptors (Lipinski definition) is 2. The van der Waals surface area contributed by atoms with Crippen LogP contribution in [0.5, 0.6) is 0 Å². The molecule has 0 spiro atoms. The first-order chi connectivity index (χ1) is 24.2. The molecule has 3 aliphatic heterocycles. The van der Waals surface area contributed by atoms with E-state index in [0.717, 1.165) is 0 Å². The van der Waals surface area contributed by atoms with Crippen molar-refractivity contribution in [1.82, 2.24) is 0 Å². The van der Waals surface area contributed by atoms with Crippen molar-refractivity contribution in [1.29, 1.82) is 0 Å². The molecular formula is C47H46N2Si. The first-order valence-corrected chi connectivity index (χ1v) is 20.9. The predicted octanol–water partition coefficient (Wildman–Crippen LogP) is 11.9. The molecule has 0 amide bonds. The van der Waals surface area contributed by atoms with Gasteiger partial charge >= 0.3 is 0 Å². The molecule has 0 saturated carbocycles. The molecule has 3 aliphatic rings. The van der Waals surface area contributed by atoms with Crippen LogP contribution in [-0.2, 0) is 10.8 Å². The Hall–Kier alpha value is -4.86. The molecule has 0 fully saturated rings. The van der Waals surface area contributed by atoms with Crippen molar-refractivity contribution in [2.75, 3.05) is 9.80 Å². The maximum absolute atomic E-state index is 2.53. The van der Waals surface area contributed by atoms with E-state index in [1.165, 1.54) is 86.0 Å². The maximum atomic E-state index is 2.53. The molecule has 3 heterocycles. The molecular weight excluding hydrogens is 621 g/mol. The first kappa shape index (κ1) is 31.1. The Morgan fingerprint density at radius 2 is 0.800 bits per heavy atom. The number of fused-ring (bicyclic) bond motifs is 7. The Morgan fingerprint density at radius 3 is 1.12 bits per heavy atom. The van der Waals surface area contributed by atoms with Crippen LogP contribution in [0.25, 0.3) is 11.1 Å². The van der Waals surface area contributed by atoms with E-state index in [0.29, 0.717) is 0 Å². The fraction of sp³-hybridized carbons (Fsp3) is 0.234. The van der Waals surface area contributed by atoms with Gasteiger partial charge in [-0.1, -0.05) is 139 Å². The lowest BCUT2D eigenvalue weighted by Gasteiger charge is -2.42. The smallest absolute Gasteiger partial charge is 0.119 e. The standard InChI is InChI=1S/C47H46N2Si/c1-7-29-50(8-2)44-27-25-32(48-40-21-13-9-17-36(40)46(3,4)37-18-10-14-22-41(37)48)30-34(44)35-31-33(26-28-45(35)50)49-42-23-15-11-19-38(42)47(5,6)39-20-12-16-24-43(39)49/h9-28,30-31H,7-8,29H2,1-6H3. The summed E-state index contributed by atoms with van der Waals surface area (Å²) in [5.41, 5.74) is 15.8. The Morgan fingerprint density at radius 1 is 0.460 bits per heavy atom. The highest BCUT2D eigenvalue weighted by atomic mass is 28.3. The van der Waals surface area contributed by atoms with Gasteiger partial charge in [-0.2, -0.15) is 0 Å². The SMILES string of the molecule is CCC[Si]1(CC)c2ccc(N3c4ccccc4C(C)(C)c4ccccc43)cc2-c2cc(N3c4ccccc4C(C)(C)c4ccccc43)ccc21. The highest BCUT2D eigenvalue weighted by Gasteiger charge is 2.45. The molecule has 9 rings (SSSR count). The molecule has 0 unspecified atom stereocenters. The minimum atomic E-state index is -1.96. The van der Waals surface area contributed by atoms with E-state index in [9.17, 15) is 0 Å². The quantitative estimate of drug-likeness (QED) is 0.169. The summed E-state index contributed by atoms with van der Waals surface area (Å²) < 4.78 is 0. The van der Waals surface area contributed by atoms with Crippen molar-refractivity contribution < 1.29 is 0 Å². The van der Waals surface area contributed by atoms with Crippen molar-refractivity contribution >= 4 is 52.6 Å². The minimum Gasteiger partial charge on any atom is -0.310 e. The summed E-state index contributed by atoms with van der Waals surface area (Å²) in [6, 6.07) is 53.5. The van der Waals surface area contributed by atoms with Gasteiger partial charge in [0.05, 0.1) is 22.7 Å². The fourth-order valence-electron chi connectivity index (χ4n) is 9.92. The average molecular weight is 667 g/mol. The predicted molar refractivity (Wildman–Crippen MR) is 216 cm³/mol. The van der Waals surface area contributed by atoms with Gasteiger partial charge in [-0.25, -0.2) is 0 Å². The second-order valence-electron chi connectivity index (χ2n) is 15.6. The van der Waals surface area contributed by atoms with E-state index in [4.69, 9.17) is 0 Å². The van der Waals surface area contributed by atoms with Crippen LogP contribution in [0, 0.1) is 0 Å². The molecule has 50 heavy (non-hydrogen) atoms. The third kappa shape index (κ3) is 4.13. The number of rotatable bonds is 5. The number of nitrogens with zero attached hydrogens (tertiary/aromatic N) is 2. The lowest BCUT2D eigenvalue weighted by molar-refractivity contribution is 0.631. The second-order valence-corrected chi connectivity index (χ2v) is 20.1. The van der Waals surface area contributed by atoms with E-state index in [2.05, 4.69) is 185 Å². The van der Waals surface area contributed by atoms with Crippen LogP contribution in [0.15, 0.2) is 133 Å². The van der Waals surface area contributed by atoms with E-state index in [1.807, 2.05) is 0 Å². The van der Waals surface area contributed by atoms with Crippen LogP contribution < -0.4 is 20.2 Å².